The summed E-state index contributed by atoms with van der Waals surface area (Å²) in [5.74, 6) is 0. The molecule has 0 aromatic heterocycles. The Bertz CT molecular complexity index is 427. The van der Waals surface area contributed by atoms with Crippen LogP contribution in [0.15, 0.2) is 24.3 Å². The van der Waals surface area contributed by atoms with Gasteiger partial charge in [0, 0.05) is 18.1 Å². The number of nitrogens with zero attached hydrogens (tertiary/aromatic N) is 1. The van der Waals surface area contributed by atoms with E-state index < -0.39 is 0 Å². The molecule has 1 aromatic rings. The summed E-state index contributed by atoms with van der Waals surface area (Å²) in [6, 6.07) is 10.8. The first-order valence-corrected chi connectivity index (χ1v) is 8.75. The molecule has 0 heterocycles. The fraction of sp³-hybridized carbons (Fsp3) is 0.684. The van der Waals surface area contributed by atoms with Crippen LogP contribution in [0.4, 0.5) is 0 Å². The summed E-state index contributed by atoms with van der Waals surface area (Å²) in [5, 5.41) is 3.85. The SMILES string of the molecule is CCCNC1c2ccccc2CCCC1N(CC)C(C)C. The molecule has 1 N–H and O–H groups in total. The van der Waals surface area contributed by atoms with Crippen molar-refractivity contribution in [3.8, 4) is 0 Å². The molecular formula is C19H32N2. The van der Waals surface area contributed by atoms with Gasteiger partial charge < -0.3 is 5.32 Å². The molecule has 2 atom stereocenters. The zero-order valence-corrected chi connectivity index (χ0v) is 14.2. The first kappa shape index (κ1) is 16.5. The summed E-state index contributed by atoms with van der Waals surface area (Å²) in [4.78, 5) is 2.68. The van der Waals surface area contributed by atoms with Crippen molar-refractivity contribution in [1.29, 1.82) is 0 Å². The van der Waals surface area contributed by atoms with Crippen LogP contribution in [-0.4, -0.2) is 30.1 Å². The zero-order chi connectivity index (χ0) is 15.2. The van der Waals surface area contributed by atoms with Crippen molar-refractivity contribution in [1.82, 2.24) is 10.2 Å². The van der Waals surface area contributed by atoms with Crippen LogP contribution < -0.4 is 5.32 Å². The van der Waals surface area contributed by atoms with Crippen molar-refractivity contribution in [2.75, 3.05) is 13.1 Å². The molecule has 0 aliphatic heterocycles. The lowest BCUT2D eigenvalue weighted by Crippen LogP contribution is -2.47. The van der Waals surface area contributed by atoms with E-state index in [-0.39, 0.29) is 0 Å². The van der Waals surface area contributed by atoms with Crippen molar-refractivity contribution >= 4 is 0 Å². The molecule has 2 unspecified atom stereocenters. The summed E-state index contributed by atoms with van der Waals surface area (Å²) >= 11 is 0. The third kappa shape index (κ3) is 3.87. The van der Waals surface area contributed by atoms with Crippen LogP contribution in [0, 0.1) is 0 Å². The number of fused-ring (bicyclic) bond motifs is 1. The van der Waals surface area contributed by atoms with Crippen LogP contribution in [0.2, 0.25) is 0 Å². The molecule has 2 heteroatoms. The average Bonchev–Trinajstić information content (AvgIpc) is 2.65. The van der Waals surface area contributed by atoms with Gasteiger partial charge in [-0.2, -0.15) is 0 Å². The van der Waals surface area contributed by atoms with E-state index >= 15 is 0 Å². The smallest absolute Gasteiger partial charge is 0.0481 e. The van der Waals surface area contributed by atoms with Crippen LogP contribution in [-0.2, 0) is 6.42 Å². The lowest BCUT2D eigenvalue weighted by molar-refractivity contribution is 0.120. The number of hydrogen-bond donors (Lipinski definition) is 1. The molecule has 2 nitrogen and oxygen atoms in total. The molecule has 1 aliphatic rings. The Morgan fingerprint density at radius 2 is 2.00 bits per heavy atom. The standard InChI is InChI=1S/C19H32N2/c1-5-14-20-19-17-12-8-7-10-16(17)11-9-13-18(19)21(6-2)15(3)4/h7-8,10,12,15,18-20H,5-6,9,11,13-14H2,1-4H3. The molecule has 1 aliphatic carbocycles. The molecule has 0 saturated heterocycles. The van der Waals surface area contributed by atoms with Crippen LogP contribution >= 0.6 is 0 Å². The minimum Gasteiger partial charge on any atom is -0.309 e. The Kier molecular flexibility index (Phi) is 6.25. The van der Waals surface area contributed by atoms with E-state index in [2.05, 4.69) is 62.2 Å². The third-order valence-electron chi connectivity index (χ3n) is 4.79. The van der Waals surface area contributed by atoms with E-state index in [4.69, 9.17) is 0 Å². The van der Waals surface area contributed by atoms with Gasteiger partial charge in [-0.15, -0.1) is 0 Å². The zero-order valence-electron chi connectivity index (χ0n) is 14.2. The lowest BCUT2D eigenvalue weighted by Gasteiger charge is -2.39. The van der Waals surface area contributed by atoms with Gasteiger partial charge >= 0.3 is 0 Å². The maximum absolute atomic E-state index is 3.85. The van der Waals surface area contributed by atoms with Crippen LogP contribution in [0.1, 0.15) is 64.1 Å². The number of hydrogen-bond acceptors (Lipinski definition) is 2. The van der Waals surface area contributed by atoms with Crippen LogP contribution in [0.25, 0.3) is 0 Å². The Morgan fingerprint density at radius 1 is 1.24 bits per heavy atom. The second kappa shape index (κ2) is 7.95. The summed E-state index contributed by atoms with van der Waals surface area (Å²) < 4.78 is 0. The number of nitrogens with one attached hydrogen (secondary N) is 1. The third-order valence-corrected chi connectivity index (χ3v) is 4.79. The van der Waals surface area contributed by atoms with Crippen molar-refractivity contribution < 1.29 is 0 Å². The summed E-state index contributed by atoms with van der Waals surface area (Å²) in [6.45, 7) is 11.5. The average molecular weight is 288 g/mol. The monoisotopic (exact) mass is 288 g/mol. The minimum absolute atomic E-state index is 0.478. The molecular weight excluding hydrogens is 256 g/mol. The van der Waals surface area contributed by atoms with E-state index in [9.17, 15) is 0 Å². The van der Waals surface area contributed by atoms with E-state index in [0.29, 0.717) is 18.1 Å². The van der Waals surface area contributed by atoms with Gasteiger partial charge in [-0.3, -0.25) is 4.90 Å². The Balaban J connectivity index is 2.34. The van der Waals surface area contributed by atoms with E-state index in [0.717, 1.165) is 13.1 Å². The van der Waals surface area contributed by atoms with Gasteiger partial charge in [-0.25, -0.2) is 0 Å². The van der Waals surface area contributed by atoms with Crippen LogP contribution in [0.3, 0.4) is 0 Å². The van der Waals surface area contributed by atoms with Gasteiger partial charge in [0.15, 0.2) is 0 Å². The second-order valence-corrected chi connectivity index (χ2v) is 6.51. The molecule has 118 valence electrons. The van der Waals surface area contributed by atoms with Gasteiger partial charge in [-0.05, 0) is 63.7 Å². The molecule has 0 radical (unpaired) electrons. The molecule has 0 bridgehead atoms. The molecule has 2 rings (SSSR count). The van der Waals surface area contributed by atoms with E-state index in [1.165, 1.54) is 31.2 Å². The number of likely N-dealkylation sites (N-methyl/N-ethyl adjacent to an activating group) is 1. The quantitative estimate of drug-likeness (QED) is 0.791. The highest BCUT2D eigenvalue weighted by atomic mass is 15.2. The maximum atomic E-state index is 3.85. The Hall–Kier alpha value is -0.860. The normalized spacial score (nSPS) is 22.4. The van der Waals surface area contributed by atoms with Gasteiger partial charge in [0.05, 0.1) is 0 Å². The van der Waals surface area contributed by atoms with Crippen molar-refractivity contribution in [2.24, 2.45) is 0 Å². The predicted octanol–water partition coefficient (Wildman–Crippen LogP) is 4.16. The van der Waals surface area contributed by atoms with Crippen LogP contribution in [0.5, 0.6) is 0 Å². The van der Waals surface area contributed by atoms with Crippen molar-refractivity contribution in [3.05, 3.63) is 35.4 Å². The fourth-order valence-electron chi connectivity index (χ4n) is 3.83. The first-order chi connectivity index (χ1) is 10.2. The molecule has 1 aromatic carbocycles. The van der Waals surface area contributed by atoms with E-state index in [1.54, 1.807) is 5.56 Å². The van der Waals surface area contributed by atoms with Gasteiger partial charge in [-0.1, -0.05) is 38.1 Å². The summed E-state index contributed by atoms with van der Waals surface area (Å²) in [7, 11) is 0. The number of benzene rings is 1. The highest BCUT2D eigenvalue weighted by Crippen LogP contribution is 2.32. The molecule has 0 fully saturated rings. The minimum atomic E-state index is 0.478. The fourth-order valence-corrected chi connectivity index (χ4v) is 3.83. The Morgan fingerprint density at radius 3 is 2.67 bits per heavy atom. The van der Waals surface area contributed by atoms with Gasteiger partial charge in [0.2, 0.25) is 0 Å². The van der Waals surface area contributed by atoms with Crippen molar-refractivity contribution in [3.63, 3.8) is 0 Å². The number of aryl methyl sites for hydroxylation is 1. The van der Waals surface area contributed by atoms with Gasteiger partial charge in [0.1, 0.15) is 0 Å². The molecule has 0 amide bonds. The van der Waals surface area contributed by atoms with Crippen molar-refractivity contribution in [2.45, 2.75) is 71.5 Å². The van der Waals surface area contributed by atoms with Gasteiger partial charge in [0.25, 0.3) is 0 Å². The molecule has 0 spiro atoms. The highest BCUT2D eigenvalue weighted by Gasteiger charge is 2.31. The second-order valence-electron chi connectivity index (χ2n) is 6.51. The number of rotatable bonds is 6. The highest BCUT2D eigenvalue weighted by molar-refractivity contribution is 5.32. The lowest BCUT2D eigenvalue weighted by atomic mass is 9.94. The summed E-state index contributed by atoms with van der Waals surface area (Å²) in [6.07, 6.45) is 5.02. The van der Waals surface area contributed by atoms with E-state index in [1.807, 2.05) is 0 Å². The predicted molar refractivity (Wildman–Crippen MR) is 91.7 cm³/mol. The Labute approximate surface area is 130 Å². The largest absolute Gasteiger partial charge is 0.309 e. The molecule has 21 heavy (non-hydrogen) atoms. The molecule has 0 saturated carbocycles. The topological polar surface area (TPSA) is 15.3 Å². The summed E-state index contributed by atoms with van der Waals surface area (Å²) in [5.41, 5.74) is 3.08. The maximum Gasteiger partial charge on any atom is 0.0481 e. The first-order valence-electron chi connectivity index (χ1n) is 8.75.